The van der Waals surface area contributed by atoms with Gasteiger partial charge in [-0.2, -0.15) is 0 Å². The maximum Gasteiger partial charge on any atom is 0.222 e. The average molecular weight is 205 g/mol. The molecule has 76 valence electrons. The van der Waals surface area contributed by atoms with Crippen LogP contribution in [0.4, 0.5) is 0 Å². The fourth-order valence-corrected chi connectivity index (χ4v) is 2.16. The molecule has 0 saturated heterocycles. The molecular weight excluding hydrogens is 188 g/mol. The Bertz CT molecular complexity index is 167. The van der Waals surface area contributed by atoms with E-state index in [1.165, 1.54) is 0 Å². The number of hydrogen-bond acceptors (Lipinski definition) is 2. The van der Waals surface area contributed by atoms with Crippen LogP contribution in [0.5, 0.6) is 0 Å². The first-order valence-corrected chi connectivity index (χ1v) is 5.20. The Kier molecular flexibility index (Phi) is 4.53. The number of carbonyl (C=O) groups excluding carboxylic acids is 1. The second-order valence-corrected chi connectivity index (χ2v) is 3.94. The Balaban J connectivity index is 2.26. The molecule has 0 heterocycles. The summed E-state index contributed by atoms with van der Waals surface area (Å²) in [4.78, 5) is 13.9. The van der Waals surface area contributed by atoms with E-state index in [4.69, 9.17) is 11.8 Å². The fourth-order valence-electron chi connectivity index (χ4n) is 1.94. The summed E-state index contributed by atoms with van der Waals surface area (Å²) in [5, 5.41) is 2.70. The van der Waals surface area contributed by atoms with E-state index in [2.05, 4.69) is 10.2 Å². The van der Waals surface area contributed by atoms with Crippen molar-refractivity contribution < 1.29 is 4.79 Å². The van der Waals surface area contributed by atoms with E-state index in [1.54, 1.807) is 7.05 Å². The number of nitrogens with one attached hydrogen (secondary N) is 2. The van der Waals surface area contributed by atoms with Crippen LogP contribution in [0.15, 0.2) is 0 Å². The quantitative estimate of drug-likeness (QED) is 0.681. The van der Waals surface area contributed by atoms with Gasteiger partial charge in [0.25, 0.3) is 0 Å². The van der Waals surface area contributed by atoms with Crippen molar-refractivity contribution in [3.63, 3.8) is 0 Å². The number of carbonyl (C=O) groups is 1. The standard InChI is InChI=1S/C9H17ClN2O/c1-11-9(13)8-4-2-7(3-5-8)6-12-10/h7-8,12H,2-6H2,1H3,(H,11,13)/t7-,8-. The molecule has 0 aliphatic heterocycles. The minimum absolute atomic E-state index is 0.192. The summed E-state index contributed by atoms with van der Waals surface area (Å²) < 4.78 is 0. The van der Waals surface area contributed by atoms with Gasteiger partial charge in [-0.05, 0) is 43.4 Å². The maximum atomic E-state index is 11.3. The van der Waals surface area contributed by atoms with Crippen LogP contribution in [-0.2, 0) is 4.79 Å². The minimum Gasteiger partial charge on any atom is -0.359 e. The maximum absolute atomic E-state index is 11.3. The van der Waals surface area contributed by atoms with Gasteiger partial charge in [-0.1, -0.05) is 0 Å². The van der Waals surface area contributed by atoms with Crippen LogP contribution >= 0.6 is 11.8 Å². The zero-order valence-corrected chi connectivity index (χ0v) is 8.73. The molecule has 4 heteroatoms. The Morgan fingerprint density at radius 1 is 1.38 bits per heavy atom. The first-order valence-electron chi connectivity index (χ1n) is 4.83. The van der Waals surface area contributed by atoms with Crippen molar-refractivity contribution in [1.82, 2.24) is 10.2 Å². The lowest BCUT2D eigenvalue weighted by atomic mass is 9.82. The smallest absolute Gasteiger partial charge is 0.222 e. The second kappa shape index (κ2) is 5.45. The lowest BCUT2D eigenvalue weighted by Gasteiger charge is -2.26. The first kappa shape index (κ1) is 10.8. The highest BCUT2D eigenvalue weighted by molar-refractivity contribution is 6.13. The zero-order chi connectivity index (χ0) is 9.68. The third-order valence-corrected chi connectivity index (χ3v) is 2.98. The molecule has 0 bridgehead atoms. The van der Waals surface area contributed by atoms with Crippen LogP contribution in [0.2, 0.25) is 0 Å². The molecule has 0 aromatic rings. The van der Waals surface area contributed by atoms with Crippen molar-refractivity contribution in [1.29, 1.82) is 0 Å². The molecule has 0 atom stereocenters. The van der Waals surface area contributed by atoms with Gasteiger partial charge >= 0.3 is 0 Å². The molecule has 1 rings (SSSR count). The molecule has 1 fully saturated rings. The Labute approximate surface area is 84.3 Å². The highest BCUT2D eigenvalue weighted by Gasteiger charge is 2.24. The molecule has 0 aromatic carbocycles. The van der Waals surface area contributed by atoms with Crippen LogP contribution in [0.1, 0.15) is 25.7 Å². The van der Waals surface area contributed by atoms with E-state index < -0.39 is 0 Å². The molecular formula is C9H17ClN2O. The summed E-state index contributed by atoms with van der Waals surface area (Å²) in [6, 6.07) is 0. The van der Waals surface area contributed by atoms with Gasteiger partial charge < -0.3 is 5.32 Å². The first-order chi connectivity index (χ1) is 6.27. The number of hydrogen-bond donors (Lipinski definition) is 2. The predicted octanol–water partition coefficient (Wildman–Crippen LogP) is 1.28. The Morgan fingerprint density at radius 2 is 2.00 bits per heavy atom. The highest BCUT2D eigenvalue weighted by atomic mass is 35.5. The van der Waals surface area contributed by atoms with E-state index in [1.807, 2.05) is 0 Å². The van der Waals surface area contributed by atoms with Crippen LogP contribution in [0, 0.1) is 11.8 Å². The molecule has 0 unspecified atom stereocenters. The molecule has 1 aliphatic rings. The molecule has 1 amide bonds. The van der Waals surface area contributed by atoms with Gasteiger partial charge in [0.1, 0.15) is 0 Å². The molecule has 0 radical (unpaired) electrons. The van der Waals surface area contributed by atoms with Crippen LogP contribution in [-0.4, -0.2) is 19.5 Å². The fraction of sp³-hybridized carbons (Fsp3) is 0.889. The molecule has 1 aliphatic carbocycles. The van der Waals surface area contributed by atoms with E-state index in [9.17, 15) is 4.79 Å². The monoisotopic (exact) mass is 204 g/mol. The second-order valence-electron chi connectivity index (χ2n) is 3.67. The van der Waals surface area contributed by atoms with Gasteiger partial charge in [-0.15, -0.1) is 0 Å². The molecule has 3 nitrogen and oxygen atoms in total. The van der Waals surface area contributed by atoms with Crippen LogP contribution in [0.25, 0.3) is 0 Å². The van der Waals surface area contributed by atoms with Crippen LogP contribution in [0.3, 0.4) is 0 Å². The van der Waals surface area contributed by atoms with Gasteiger partial charge in [0, 0.05) is 19.5 Å². The molecule has 0 spiro atoms. The normalized spacial score (nSPS) is 28.5. The van der Waals surface area contributed by atoms with Crippen molar-refractivity contribution in [2.75, 3.05) is 13.6 Å². The largest absolute Gasteiger partial charge is 0.359 e. The van der Waals surface area contributed by atoms with E-state index in [-0.39, 0.29) is 11.8 Å². The Hall–Kier alpha value is -0.280. The third kappa shape index (κ3) is 3.16. The summed E-state index contributed by atoms with van der Waals surface area (Å²) in [5.74, 6) is 1.08. The average Bonchev–Trinajstić information content (AvgIpc) is 2.18. The molecule has 2 N–H and O–H groups in total. The summed E-state index contributed by atoms with van der Waals surface area (Å²) in [6.45, 7) is 0.863. The predicted molar refractivity (Wildman–Crippen MR) is 53.4 cm³/mol. The van der Waals surface area contributed by atoms with Crippen molar-refractivity contribution in [2.24, 2.45) is 11.8 Å². The number of halogens is 1. The Morgan fingerprint density at radius 3 is 2.46 bits per heavy atom. The van der Waals surface area contributed by atoms with Crippen molar-refractivity contribution in [3.05, 3.63) is 0 Å². The van der Waals surface area contributed by atoms with Crippen LogP contribution < -0.4 is 10.2 Å². The van der Waals surface area contributed by atoms with E-state index in [0.717, 1.165) is 32.2 Å². The summed E-state index contributed by atoms with van der Waals surface area (Å²) >= 11 is 5.43. The van der Waals surface area contributed by atoms with Gasteiger partial charge in [0.2, 0.25) is 5.91 Å². The number of rotatable bonds is 3. The molecule has 0 aromatic heterocycles. The lowest BCUT2D eigenvalue weighted by Crippen LogP contribution is -2.32. The minimum atomic E-state index is 0.192. The van der Waals surface area contributed by atoms with Crippen molar-refractivity contribution in [2.45, 2.75) is 25.7 Å². The van der Waals surface area contributed by atoms with E-state index in [0.29, 0.717) is 5.92 Å². The van der Waals surface area contributed by atoms with Gasteiger partial charge in [-0.25, -0.2) is 4.84 Å². The summed E-state index contributed by atoms with van der Waals surface area (Å²) in [7, 11) is 1.70. The summed E-state index contributed by atoms with van der Waals surface area (Å²) in [6.07, 6.45) is 4.22. The highest BCUT2D eigenvalue weighted by Crippen LogP contribution is 2.28. The van der Waals surface area contributed by atoms with E-state index >= 15 is 0 Å². The SMILES string of the molecule is CNC(=O)[C@H]1CC[C@H](CNCl)CC1. The van der Waals surface area contributed by atoms with Gasteiger partial charge in [0.05, 0.1) is 0 Å². The third-order valence-electron chi connectivity index (χ3n) is 2.83. The topological polar surface area (TPSA) is 41.1 Å². The number of amides is 1. The van der Waals surface area contributed by atoms with Crippen molar-refractivity contribution >= 4 is 17.7 Å². The molecule has 1 saturated carbocycles. The van der Waals surface area contributed by atoms with Crippen molar-refractivity contribution in [3.8, 4) is 0 Å². The zero-order valence-electron chi connectivity index (χ0n) is 7.98. The molecule has 13 heavy (non-hydrogen) atoms. The summed E-state index contributed by atoms with van der Waals surface area (Å²) in [5.41, 5.74) is 0. The van der Waals surface area contributed by atoms with Gasteiger partial charge in [-0.3, -0.25) is 4.79 Å². The lowest BCUT2D eigenvalue weighted by molar-refractivity contribution is -0.125. The van der Waals surface area contributed by atoms with Gasteiger partial charge in [0.15, 0.2) is 0 Å².